The Balaban J connectivity index is 1.76. The van der Waals surface area contributed by atoms with Crippen LogP contribution in [0.25, 0.3) is 11.0 Å². The van der Waals surface area contributed by atoms with Gasteiger partial charge in [0.2, 0.25) is 0 Å². The van der Waals surface area contributed by atoms with Crippen LogP contribution in [0.15, 0.2) is 28.7 Å². The van der Waals surface area contributed by atoms with E-state index in [9.17, 15) is 14.3 Å². The molecule has 0 unspecified atom stereocenters. The number of carbonyl (C=O) groups is 1. The molecule has 2 N–H and O–H groups in total. The second-order valence-electron chi connectivity index (χ2n) is 5.03. The number of carbonyl (C=O) groups excluding carboxylic acids is 1. The van der Waals surface area contributed by atoms with Crippen LogP contribution in [0.1, 0.15) is 29.8 Å². The Morgan fingerprint density at radius 1 is 1.47 bits per heavy atom. The molecule has 1 saturated carbocycles. The van der Waals surface area contributed by atoms with E-state index < -0.39 is 17.3 Å². The zero-order valence-electron chi connectivity index (χ0n) is 10.3. The van der Waals surface area contributed by atoms with E-state index in [1.165, 1.54) is 12.1 Å². The summed E-state index contributed by atoms with van der Waals surface area (Å²) >= 11 is 0. The zero-order valence-corrected chi connectivity index (χ0v) is 10.3. The Hall–Kier alpha value is -1.88. The molecule has 1 heterocycles. The van der Waals surface area contributed by atoms with Gasteiger partial charge in [0, 0.05) is 11.9 Å². The lowest BCUT2D eigenvalue weighted by Gasteiger charge is -2.36. The first-order valence-corrected chi connectivity index (χ1v) is 6.26. The Morgan fingerprint density at radius 2 is 2.26 bits per heavy atom. The molecule has 3 rings (SSSR count). The lowest BCUT2D eigenvalue weighted by atomic mass is 9.80. The van der Waals surface area contributed by atoms with E-state index in [4.69, 9.17) is 4.42 Å². The standard InChI is InChI=1S/C14H14FNO3/c15-10-4-1-3-9-7-11(19-12(9)10)13(17)16-8-14(18)5-2-6-14/h1,3-4,7,18H,2,5-6,8H2,(H,16,17). The number of fused-ring (bicyclic) bond motifs is 1. The van der Waals surface area contributed by atoms with Gasteiger partial charge in [-0.25, -0.2) is 4.39 Å². The minimum atomic E-state index is -0.785. The molecule has 0 bridgehead atoms. The number of para-hydroxylation sites is 1. The number of amides is 1. The van der Waals surface area contributed by atoms with Gasteiger partial charge in [0.25, 0.3) is 5.91 Å². The van der Waals surface area contributed by atoms with Gasteiger partial charge in [-0.3, -0.25) is 4.79 Å². The summed E-state index contributed by atoms with van der Waals surface area (Å²) in [5, 5.41) is 13.0. The van der Waals surface area contributed by atoms with Crippen LogP contribution in [-0.2, 0) is 0 Å². The summed E-state index contributed by atoms with van der Waals surface area (Å²) in [5.41, 5.74) is -0.706. The molecule has 1 fully saturated rings. The van der Waals surface area contributed by atoms with Gasteiger partial charge < -0.3 is 14.8 Å². The number of halogens is 1. The fourth-order valence-electron chi connectivity index (χ4n) is 2.23. The minimum absolute atomic E-state index is 0.0584. The summed E-state index contributed by atoms with van der Waals surface area (Å²) in [4.78, 5) is 11.9. The average Bonchev–Trinajstić information content (AvgIpc) is 2.79. The lowest BCUT2D eigenvalue weighted by molar-refractivity contribution is -0.0301. The SMILES string of the molecule is O=C(NCC1(O)CCC1)c1cc2cccc(F)c2o1. The van der Waals surface area contributed by atoms with Crippen molar-refractivity contribution in [3.63, 3.8) is 0 Å². The summed E-state index contributed by atoms with van der Waals surface area (Å²) < 4.78 is 18.6. The van der Waals surface area contributed by atoms with E-state index in [2.05, 4.69) is 5.32 Å². The van der Waals surface area contributed by atoms with Gasteiger partial charge in [0.1, 0.15) is 0 Å². The van der Waals surface area contributed by atoms with Gasteiger partial charge in [0.15, 0.2) is 17.2 Å². The van der Waals surface area contributed by atoms with Gasteiger partial charge in [-0.1, -0.05) is 12.1 Å². The van der Waals surface area contributed by atoms with E-state index >= 15 is 0 Å². The molecule has 4 nitrogen and oxygen atoms in total. The van der Waals surface area contributed by atoms with Crippen molar-refractivity contribution in [3.8, 4) is 0 Å². The van der Waals surface area contributed by atoms with E-state index in [-0.39, 0.29) is 17.9 Å². The second kappa shape index (κ2) is 4.35. The molecule has 1 aromatic heterocycles. The van der Waals surface area contributed by atoms with Crippen molar-refractivity contribution in [2.24, 2.45) is 0 Å². The first kappa shape index (κ1) is 12.2. The number of aliphatic hydroxyl groups is 1. The van der Waals surface area contributed by atoms with Gasteiger partial charge >= 0.3 is 0 Å². The normalized spacial score (nSPS) is 17.2. The molecule has 19 heavy (non-hydrogen) atoms. The quantitative estimate of drug-likeness (QED) is 0.892. The van der Waals surface area contributed by atoms with E-state index in [0.29, 0.717) is 18.2 Å². The molecular weight excluding hydrogens is 249 g/mol. The maximum atomic E-state index is 13.4. The Kier molecular flexibility index (Phi) is 2.78. The first-order chi connectivity index (χ1) is 9.07. The van der Waals surface area contributed by atoms with Crippen LogP contribution in [0.2, 0.25) is 0 Å². The van der Waals surface area contributed by atoms with Crippen molar-refractivity contribution >= 4 is 16.9 Å². The first-order valence-electron chi connectivity index (χ1n) is 6.26. The number of hydrogen-bond donors (Lipinski definition) is 2. The maximum Gasteiger partial charge on any atom is 0.287 e. The molecule has 2 aromatic rings. The highest BCUT2D eigenvalue weighted by Crippen LogP contribution is 2.30. The van der Waals surface area contributed by atoms with Crippen LogP contribution >= 0.6 is 0 Å². The second-order valence-corrected chi connectivity index (χ2v) is 5.03. The molecule has 0 radical (unpaired) electrons. The fraction of sp³-hybridized carbons (Fsp3) is 0.357. The van der Waals surface area contributed by atoms with Gasteiger partial charge in [0.05, 0.1) is 5.60 Å². The Morgan fingerprint density at radius 3 is 2.89 bits per heavy atom. The van der Waals surface area contributed by atoms with E-state index in [1.54, 1.807) is 12.1 Å². The molecule has 0 saturated heterocycles. The molecule has 1 aliphatic carbocycles. The predicted molar refractivity (Wildman–Crippen MR) is 67.3 cm³/mol. The highest BCUT2D eigenvalue weighted by atomic mass is 19.1. The third kappa shape index (κ3) is 2.21. The van der Waals surface area contributed by atoms with E-state index in [0.717, 1.165) is 6.42 Å². The van der Waals surface area contributed by atoms with E-state index in [1.807, 2.05) is 0 Å². The number of benzene rings is 1. The zero-order chi connectivity index (χ0) is 13.5. The highest BCUT2D eigenvalue weighted by Gasteiger charge is 2.34. The minimum Gasteiger partial charge on any atom is -0.448 e. The molecular formula is C14H14FNO3. The number of hydrogen-bond acceptors (Lipinski definition) is 3. The lowest BCUT2D eigenvalue weighted by Crippen LogP contribution is -2.47. The molecule has 0 atom stereocenters. The molecule has 100 valence electrons. The van der Waals surface area contributed by atoms with Crippen molar-refractivity contribution in [2.75, 3.05) is 6.54 Å². The molecule has 5 heteroatoms. The molecule has 0 aliphatic heterocycles. The van der Waals surface area contributed by atoms with Crippen molar-refractivity contribution in [1.82, 2.24) is 5.32 Å². The number of nitrogens with one attached hydrogen (secondary N) is 1. The summed E-state index contributed by atoms with van der Waals surface area (Å²) in [7, 11) is 0. The average molecular weight is 263 g/mol. The van der Waals surface area contributed by atoms with Crippen LogP contribution < -0.4 is 5.32 Å². The summed E-state index contributed by atoms with van der Waals surface area (Å²) in [6.45, 7) is 0.200. The highest BCUT2D eigenvalue weighted by molar-refractivity contribution is 5.96. The predicted octanol–water partition coefficient (Wildman–Crippen LogP) is 2.22. The number of rotatable bonds is 3. The fourth-order valence-corrected chi connectivity index (χ4v) is 2.23. The van der Waals surface area contributed by atoms with Crippen LogP contribution in [0.4, 0.5) is 4.39 Å². The van der Waals surface area contributed by atoms with Crippen molar-refractivity contribution in [2.45, 2.75) is 24.9 Å². The maximum absolute atomic E-state index is 13.4. The Bertz CT molecular complexity index is 631. The van der Waals surface area contributed by atoms with Gasteiger partial charge in [-0.05, 0) is 31.4 Å². The van der Waals surface area contributed by atoms with Crippen molar-refractivity contribution in [1.29, 1.82) is 0 Å². The third-order valence-corrected chi connectivity index (χ3v) is 3.58. The molecule has 0 spiro atoms. The molecule has 1 aliphatic rings. The topological polar surface area (TPSA) is 62.5 Å². The Labute approximate surface area is 109 Å². The van der Waals surface area contributed by atoms with Crippen LogP contribution in [0.3, 0.4) is 0 Å². The van der Waals surface area contributed by atoms with Crippen LogP contribution in [0.5, 0.6) is 0 Å². The number of furan rings is 1. The molecule has 1 amide bonds. The largest absolute Gasteiger partial charge is 0.448 e. The van der Waals surface area contributed by atoms with Crippen molar-refractivity contribution in [3.05, 3.63) is 35.8 Å². The smallest absolute Gasteiger partial charge is 0.287 e. The van der Waals surface area contributed by atoms with Gasteiger partial charge in [-0.15, -0.1) is 0 Å². The third-order valence-electron chi connectivity index (χ3n) is 3.58. The van der Waals surface area contributed by atoms with Crippen LogP contribution in [-0.4, -0.2) is 23.2 Å². The van der Waals surface area contributed by atoms with Gasteiger partial charge in [-0.2, -0.15) is 0 Å². The van der Waals surface area contributed by atoms with Crippen molar-refractivity contribution < 1.29 is 18.7 Å². The summed E-state index contributed by atoms with van der Waals surface area (Å²) in [5.74, 6) is -0.867. The summed E-state index contributed by atoms with van der Waals surface area (Å²) in [6.07, 6.45) is 2.37. The monoisotopic (exact) mass is 263 g/mol. The summed E-state index contributed by atoms with van der Waals surface area (Å²) in [6, 6.07) is 6.02. The molecule has 1 aromatic carbocycles. The van der Waals surface area contributed by atoms with Crippen LogP contribution in [0, 0.1) is 5.82 Å².